The minimum Gasteiger partial charge on any atom is -0.369 e. The average molecular weight is 252 g/mol. The van der Waals surface area contributed by atoms with Crippen molar-refractivity contribution in [3.63, 3.8) is 0 Å². The first-order valence-corrected chi connectivity index (χ1v) is 7.07. The highest BCUT2D eigenvalue weighted by atomic mass is 35.5. The second-order valence-corrected chi connectivity index (χ2v) is 5.70. The predicted octanol–water partition coefficient (Wildman–Crippen LogP) is 4.36. The molecule has 0 N–H and O–H groups in total. The molecule has 1 saturated carbocycles. The van der Waals surface area contributed by atoms with E-state index in [1.54, 1.807) is 0 Å². The van der Waals surface area contributed by atoms with Crippen LogP contribution in [0.15, 0.2) is 18.2 Å². The maximum absolute atomic E-state index is 5.91. The van der Waals surface area contributed by atoms with Gasteiger partial charge in [-0.1, -0.05) is 6.07 Å². The van der Waals surface area contributed by atoms with Crippen LogP contribution in [0.1, 0.15) is 37.8 Å². The summed E-state index contributed by atoms with van der Waals surface area (Å²) in [6, 6.07) is 7.23. The third kappa shape index (κ3) is 3.16. The van der Waals surface area contributed by atoms with Gasteiger partial charge in [0.2, 0.25) is 0 Å². The van der Waals surface area contributed by atoms with Gasteiger partial charge < -0.3 is 4.90 Å². The third-order valence-corrected chi connectivity index (χ3v) is 3.86. The molecule has 2 rings (SSSR count). The van der Waals surface area contributed by atoms with Gasteiger partial charge in [0.05, 0.1) is 0 Å². The van der Waals surface area contributed by atoms with E-state index in [0.29, 0.717) is 11.9 Å². The van der Waals surface area contributed by atoms with Crippen molar-refractivity contribution >= 4 is 17.3 Å². The van der Waals surface area contributed by atoms with Gasteiger partial charge in [-0.2, -0.15) is 0 Å². The zero-order chi connectivity index (χ0) is 12.4. The van der Waals surface area contributed by atoms with E-state index in [0.717, 1.165) is 5.92 Å². The van der Waals surface area contributed by atoms with Gasteiger partial charge in [0, 0.05) is 24.2 Å². The van der Waals surface area contributed by atoms with E-state index >= 15 is 0 Å². The summed E-state index contributed by atoms with van der Waals surface area (Å²) in [5.41, 5.74) is 3.89. The van der Waals surface area contributed by atoms with Gasteiger partial charge in [0.15, 0.2) is 0 Å². The molecule has 0 bridgehead atoms. The van der Waals surface area contributed by atoms with Gasteiger partial charge in [0.1, 0.15) is 0 Å². The fourth-order valence-electron chi connectivity index (χ4n) is 2.20. The van der Waals surface area contributed by atoms with Gasteiger partial charge in [-0.25, -0.2) is 0 Å². The first kappa shape index (κ1) is 12.8. The Hall–Kier alpha value is -0.690. The van der Waals surface area contributed by atoms with Crippen LogP contribution in [0, 0.1) is 12.8 Å². The van der Waals surface area contributed by atoms with Crippen molar-refractivity contribution in [2.75, 3.05) is 11.4 Å². The highest BCUT2D eigenvalue weighted by Gasteiger charge is 2.25. The molecule has 0 aromatic heterocycles. The topological polar surface area (TPSA) is 3.24 Å². The zero-order valence-corrected chi connectivity index (χ0v) is 11.8. The first-order valence-electron chi connectivity index (χ1n) is 6.54. The monoisotopic (exact) mass is 251 g/mol. The van der Waals surface area contributed by atoms with Crippen LogP contribution < -0.4 is 4.90 Å². The van der Waals surface area contributed by atoms with Crippen LogP contribution in [0.4, 0.5) is 5.69 Å². The Kier molecular flexibility index (Phi) is 3.98. The molecule has 0 atom stereocenters. The number of halogens is 1. The first-order chi connectivity index (χ1) is 8.11. The van der Waals surface area contributed by atoms with Crippen LogP contribution in [-0.2, 0) is 5.88 Å². The highest BCUT2D eigenvalue weighted by molar-refractivity contribution is 6.17. The van der Waals surface area contributed by atoms with E-state index in [-0.39, 0.29) is 0 Å². The normalized spacial score (nSPS) is 15.4. The zero-order valence-electron chi connectivity index (χ0n) is 11.0. The molecule has 0 radical (unpaired) electrons. The molecule has 94 valence electrons. The molecule has 1 aliphatic carbocycles. The molecular formula is C15H22ClN. The molecule has 1 aliphatic rings. The summed E-state index contributed by atoms with van der Waals surface area (Å²) in [6.45, 7) is 7.90. The van der Waals surface area contributed by atoms with Crippen LogP contribution in [0.3, 0.4) is 0 Å². The molecule has 0 heterocycles. The Morgan fingerprint density at radius 1 is 1.35 bits per heavy atom. The number of nitrogens with zero attached hydrogens (tertiary/aromatic N) is 1. The van der Waals surface area contributed by atoms with Crippen LogP contribution in [0.5, 0.6) is 0 Å². The molecule has 0 aliphatic heterocycles. The van der Waals surface area contributed by atoms with Gasteiger partial charge in [-0.3, -0.25) is 0 Å². The fraction of sp³-hybridized carbons (Fsp3) is 0.600. The minimum absolute atomic E-state index is 0.567. The number of hydrogen-bond acceptors (Lipinski definition) is 1. The molecule has 0 spiro atoms. The predicted molar refractivity (Wildman–Crippen MR) is 75.9 cm³/mol. The largest absolute Gasteiger partial charge is 0.369 e. The average Bonchev–Trinajstić information content (AvgIpc) is 3.09. The van der Waals surface area contributed by atoms with E-state index in [2.05, 4.69) is 43.9 Å². The number of anilines is 1. The van der Waals surface area contributed by atoms with E-state index < -0.39 is 0 Å². The molecule has 0 amide bonds. The van der Waals surface area contributed by atoms with Crippen molar-refractivity contribution in [1.29, 1.82) is 0 Å². The Balaban J connectivity index is 2.19. The summed E-state index contributed by atoms with van der Waals surface area (Å²) < 4.78 is 0. The quantitative estimate of drug-likeness (QED) is 0.703. The van der Waals surface area contributed by atoms with E-state index in [1.165, 1.54) is 36.2 Å². The molecule has 1 fully saturated rings. The van der Waals surface area contributed by atoms with Crippen molar-refractivity contribution in [3.8, 4) is 0 Å². The van der Waals surface area contributed by atoms with Crippen molar-refractivity contribution in [1.82, 2.24) is 0 Å². The maximum atomic E-state index is 5.91. The summed E-state index contributed by atoms with van der Waals surface area (Å²) in [6.07, 6.45) is 2.81. The van der Waals surface area contributed by atoms with Crippen molar-refractivity contribution in [2.24, 2.45) is 5.92 Å². The number of alkyl halides is 1. The van der Waals surface area contributed by atoms with Crippen LogP contribution >= 0.6 is 11.6 Å². The highest BCUT2D eigenvalue weighted by Crippen LogP contribution is 2.32. The lowest BCUT2D eigenvalue weighted by Gasteiger charge is -2.29. The SMILES string of the molecule is Cc1cc(N(CC2CC2)C(C)C)ccc1CCl. The fourth-order valence-corrected chi connectivity index (χ4v) is 2.50. The second kappa shape index (κ2) is 5.30. The van der Waals surface area contributed by atoms with E-state index in [4.69, 9.17) is 11.6 Å². The number of hydrogen-bond donors (Lipinski definition) is 0. The van der Waals surface area contributed by atoms with Crippen LogP contribution in [0.25, 0.3) is 0 Å². The Morgan fingerprint density at radius 3 is 2.53 bits per heavy atom. The number of rotatable bonds is 5. The van der Waals surface area contributed by atoms with Gasteiger partial charge in [-0.05, 0) is 62.8 Å². The van der Waals surface area contributed by atoms with Gasteiger partial charge in [-0.15, -0.1) is 11.6 Å². The lowest BCUT2D eigenvalue weighted by molar-refractivity contribution is 0.644. The maximum Gasteiger partial charge on any atom is 0.0476 e. The molecule has 17 heavy (non-hydrogen) atoms. The molecule has 0 unspecified atom stereocenters. The van der Waals surface area contributed by atoms with Crippen LogP contribution in [-0.4, -0.2) is 12.6 Å². The van der Waals surface area contributed by atoms with Gasteiger partial charge in [0.25, 0.3) is 0 Å². The summed E-state index contributed by atoms with van der Waals surface area (Å²) in [5, 5.41) is 0. The standard InChI is InChI=1S/C15H22ClN/c1-11(2)17(10-13-4-5-13)15-7-6-14(9-16)12(3)8-15/h6-8,11,13H,4-5,9-10H2,1-3H3. The van der Waals surface area contributed by atoms with E-state index in [9.17, 15) is 0 Å². The lowest BCUT2D eigenvalue weighted by Crippen LogP contribution is -2.32. The summed E-state index contributed by atoms with van der Waals surface area (Å²) in [5.74, 6) is 1.53. The smallest absolute Gasteiger partial charge is 0.0476 e. The minimum atomic E-state index is 0.567. The van der Waals surface area contributed by atoms with Crippen LogP contribution in [0.2, 0.25) is 0 Å². The molecular weight excluding hydrogens is 230 g/mol. The summed E-state index contributed by atoms with van der Waals surface area (Å²) >= 11 is 5.91. The summed E-state index contributed by atoms with van der Waals surface area (Å²) in [4.78, 5) is 2.52. The second-order valence-electron chi connectivity index (χ2n) is 5.43. The molecule has 1 aromatic carbocycles. The van der Waals surface area contributed by atoms with Crippen molar-refractivity contribution in [2.45, 2.75) is 45.5 Å². The molecule has 0 saturated heterocycles. The Labute approximate surface area is 110 Å². The Bertz CT molecular complexity index is 383. The number of benzene rings is 1. The van der Waals surface area contributed by atoms with Crippen molar-refractivity contribution in [3.05, 3.63) is 29.3 Å². The lowest BCUT2D eigenvalue weighted by atomic mass is 10.1. The van der Waals surface area contributed by atoms with E-state index in [1.807, 2.05) is 0 Å². The molecule has 2 heteroatoms. The molecule has 1 nitrogen and oxygen atoms in total. The third-order valence-electron chi connectivity index (χ3n) is 3.58. The number of aryl methyl sites for hydroxylation is 1. The molecule has 1 aromatic rings. The Morgan fingerprint density at radius 2 is 2.06 bits per heavy atom. The summed E-state index contributed by atoms with van der Waals surface area (Å²) in [7, 11) is 0. The van der Waals surface area contributed by atoms with Crippen molar-refractivity contribution < 1.29 is 0 Å². The van der Waals surface area contributed by atoms with Gasteiger partial charge >= 0.3 is 0 Å².